The van der Waals surface area contributed by atoms with E-state index in [1.807, 2.05) is 0 Å². The van der Waals surface area contributed by atoms with Crippen LogP contribution >= 0.6 is 15.9 Å². The number of hydrogen-bond acceptors (Lipinski definition) is 1. The first kappa shape index (κ1) is 9.01. The average molecular weight is 232 g/mol. The van der Waals surface area contributed by atoms with Gasteiger partial charge in [-0.05, 0) is 37.3 Å². The van der Waals surface area contributed by atoms with Crippen molar-refractivity contribution >= 4 is 15.9 Å². The van der Waals surface area contributed by atoms with Gasteiger partial charge in [0.1, 0.15) is 0 Å². The monoisotopic (exact) mass is 231 g/mol. The van der Waals surface area contributed by atoms with Crippen LogP contribution in [0.5, 0.6) is 0 Å². The van der Waals surface area contributed by atoms with Crippen LogP contribution in [0.2, 0.25) is 0 Å². The zero-order chi connectivity index (χ0) is 8.77. The van der Waals surface area contributed by atoms with Gasteiger partial charge in [-0.15, -0.1) is 0 Å². The molecule has 0 aromatic heterocycles. The van der Waals surface area contributed by atoms with Gasteiger partial charge in [-0.25, -0.2) is 0 Å². The Labute approximate surface area is 83.6 Å². The van der Waals surface area contributed by atoms with Crippen molar-refractivity contribution in [1.29, 1.82) is 0 Å². The van der Waals surface area contributed by atoms with E-state index in [9.17, 15) is 0 Å². The molecule has 0 aromatic carbocycles. The molecule has 3 atom stereocenters. The first-order valence-corrected chi connectivity index (χ1v) is 5.96. The first-order valence-electron chi connectivity index (χ1n) is 5.05. The molecule has 1 aliphatic carbocycles. The molecule has 2 aliphatic rings. The molecule has 0 N–H and O–H groups in total. The number of fused-ring (bicyclic) bond motifs is 1. The molecule has 0 aromatic rings. The van der Waals surface area contributed by atoms with E-state index in [0.29, 0.717) is 5.41 Å². The highest BCUT2D eigenvalue weighted by Crippen LogP contribution is 2.61. The Morgan fingerprint density at radius 1 is 1.58 bits per heavy atom. The molecule has 1 aliphatic heterocycles. The largest absolute Gasteiger partial charge is 0.303 e. The zero-order valence-corrected chi connectivity index (χ0v) is 9.60. The molecule has 1 heterocycles. The Hall–Kier alpha value is 0.440. The fourth-order valence-electron chi connectivity index (χ4n) is 2.51. The summed E-state index contributed by atoms with van der Waals surface area (Å²) in [6.07, 6.45) is 2.70. The van der Waals surface area contributed by atoms with Crippen molar-refractivity contribution < 1.29 is 0 Å². The van der Waals surface area contributed by atoms with Gasteiger partial charge in [0.2, 0.25) is 0 Å². The zero-order valence-electron chi connectivity index (χ0n) is 8.02. The van der Waals surface area contributed by atoms with Gasteiger partial charge in [-0.2, -0.15) is 0 Å². The number of nitrogens with zero attached hydrogens (tertiary/aromatic N) is 1. The van der Waals surface area contributed by atoms with Crippen LogP contribution in [0.3, 0.4) is 0 Å². The molecule has 1 saturated carbocycles. The maximum Gasteiger partial charge on any atom is 0.0249 e. The van der Waals surface area contributed by atoms with Crippen LogP contribution in [0.4, 0.5) is 0 Å². The lowest BCUT2D eigenvalue weighted by Gasteiger charge is -2.28. The summed E-state index contributed by atoms with van der Waals surface area (Å²) in [4.78, 5) is 3.43. The normalized spacial score (nSPS) is 47.2. The fourth-order valence-corrected chi connectivity index (χ4v) is 3.70. The lowest BCUT2D eigenvalue weighted by atomic mass is 9.98. The second-order valence-corrected chi connectivity index (χ2v) is 5.55. The lowest BCUT2D eigenvalue weighted by molar-refractivity contribution is 0.186. The van der Waals surface area contributed by atoms with E-state index in [2.05, 4.69) is 34.7 Å². The van der Waals surface area contributed by atoms with E-state index in [4.69, 9.17) is 0 Å². The van der Waals surface area contributed by atoms with E-state index >= 15 is 0 Å². The molecule has 1 nitrogen and oxygen atoms in total. The summed E-state index contributed by atoms with van der Waals surface area (Å²) in [6, 6.07) is 0. The van der Waals surface area contributed by atoms with Crippen LogP contribution in [-0.4, -0.2) is 29.4 Å². The topological polar surface area (TPSA) is 3.24 Å². The van der Waals surface area contributed by atoms with Gasteiger partial charge in [0.25, 0.3) is 0 Å². The summed E-state index contributed by atoms with van der Waals surface area (Å²) < 4.78 is 0. The summed E-state index contributed by atoms with van der Waals surface area (Å²) in [7, 11) is 0. The Morgan fingerprint density at radius 2 is 2.33 bits per heavy atom. The van der Waals surface area contributed by atoms with Gasteiger partial charge in [-0.1, -0.05) is 29.8 Å². The summed E-state index contributed by atoms with van der Waals surface area (Å²) in [5.74, 6) is 0.942. The van der Waals surface area contributed by atoms with Crippen LogP contribution < -0.4 is 0 Å². The number of piperidine rings is 1. The molecule has 1 saturated heterocycles. The summed E-state index contributed by atoms with van der Waals surface area (Å²) in [6.45, 7) is 8.65. The number of halogens is 1. The van der Waals surface area contributed by atoms with Crippen molar-refractivity contribution in [2.75, 3.05) is 19.6 Å². The van der Waals surface area contributed by atoms with E-state index in [-0.39, 0.29) is 0 Å². The second kappa shape index (κ2) is 2.98. The molecule has 2 fully saturated rings. The molecule has 2 rings (SSSR count). The lowest BCUT2D eigenvalue weighted by Crippen LogP contribution is -2.34. The molecular weight excluding hydrogens is 214 g/mol. The maximum atomic E-state index is 3.78. The highest BCUT2D eigenvalue weighted by Gasteiger charge is 2.61. The summed E-state index contributed by atoms with van der Waals surface area (Å²) in [5, 5.41) is 0. The van der Waals surface area contributed by atoms with Crippen molar-refractivity contribution in [3.05, 3.63) is 0 Å². The third-order valence-electron chi connectivity index (χ3n) is 3.68. The van der Waals surface area contributed by atoms with E-state index in [1.54, 1.807) is 0 Å². The molecule has 0 amide bonds. The fraction of sp³-hybridized carbons (Fsp3) is 1.00. The molecule has 3 unspecified atom stereocenters. The molecule has 0 bridgehead atoms. The summed E-state index contributed by atoms with van der Waals surface area (Å²) >= 11 is 3.78. The Balaban J connectivity index is 1.89. The van der Waals surface area contributed by atoms with E-state index < -0.39 is 0 Å². The third-order valence-corrected chi connectivity index (χ3v) is 5.37. The van der Waals surface area contributed by atoms with Crippen LogP contribution in [0.1, 0.15) is 26.7 Å². The van der Waals surface area contributed by atoms with Crippen molar-refractivity contribution in [2.24, 2.45) is 11.3 Å². The van der Waals surface area contributed by atoms with Gasteiger partial charge in [0.15, 0.2) is 0 Å². The van der Waals surface area contributed by atoms with Gasteiger partial charge in [0, 0.05) is 11.4 Å². The third kappa shape index (κ3) is 1.24. The molecule has 2 heteroatoms. The van der Waals surface area contributed by atoms with Gasteiger partial charge < -0.3 is 4.90 Å². The highest BCUT2D eigenvalue weighted by molar-refractivity contribution is 9.09. The predicted octanol–water partition coefficient (Wildman–Crippen LogP) is 2.50. The molecular formula is C10H18BrN. The maximum absolute atomic E-state index is 3.78. The minimum atomic E-state index is 0.657. The molecule has 0 spiro atoms. The quantitative estimate of drug-likeness (QED) is 0.661. The number of alkyl halides is 1. The molecule has 0 radical (unpaired) electrons. The first-order chi connectivity index (χ1) is 5.68. The number of rotatable bonds is 2. The van der Waals surface area contributed by atoms with Gasteiger partial charge in [0.05, 0.1) is 0 Å². The Bertz CT molecular complexity index is 183. The summed E-state index contributed by atoms with van der Waals surface area (Å²) in [5.41, 5.74) is 0.657. The van der Waals surface area contributed by atoms with Gasteiger partial charge >= 0.3 is 0 Å². The molecule has 12 heavy (non-hydrogen) atoms. The predicted molar refractivity (Wildman–Crippen MR) is 55.7 cm³/mol. The Morgan fingerprint density at radius 3 is 2.92 bits per heavy atom. The van der Waals surface area contributed by atoms with Gasteiger partial charge in [-0.3, -0.25) is 0 Å². The van der Waals surface area contributed by atoms with Crippen molar-refractivity contribution in [3.63, 3.8) is 0 Å². The second-order valence-electron chi connectivity index (χ2n) is 4.56. The highest BCUT2D eigenvalue weighted by atomic mass is 79.9. The van der Waals surface area contributed by atoms with Crippen LogP contribution in [0, 0.1) is 11.3 Å². The SMILES string of the molecule is CCCN1CCC2(C)C(Br)C2C1. The number of hydrogen-bond donors (Lipinski definition) is 0. The van der Waals surface area contributed by atoms with Crippen LogP contribution in [-0.2, 0) is 0 Å². The average Bonchev–Trinajstić information content (AvgIpc) is 2.58. The van der Waals surface area contributed by atoms with E-state index in [1.165, 1.54) is 32.5 Å². The Kier molecular flexibility index (Phi) is 2.24. The van der Waals surface area contributed by atoms with Crippen LogP contribution in [0.25, 0.3) is 0 Å². The minimum absolute atomic E-state index is 0.657. The van der Waals surface area contributed by atoms with Crippen molar-refractivity contribution in [2.45, 2.75) is 31.5 Å². The van der Waals surface area contributed by atoms with Crippen LogP contribution in [0.15, 0.2) is 0 Å². The minimum Gasteiger partial charge on any atom is -0.303 e. The molecule has 70 valence electrons. The smallest absolute Gasteiger partial charge is 0.0249 e. The van der Waals surface area contributed by atoms with Crippen molar-refractivity contribution in [3.8, 4) is 0 Å². The standard InChI is InChI=1S/C10H18BrN/c1-3-5-12-6-4-10(2)8(7-12)9(10)11/h8-9H,3-7H2,1-2H3. The van der Waals surface area contributed by atoms with E-state index in [0.717, 1.165) is 10.7 Å². The number of likely N-dealkylation sites (tertiary alicyclic amines) is 1. The van der Waals surface area contributed by atoms with Crippen molar-refractivity contribution in [1.82, 2.24) is 4.90 Å².